The summed E-state index contributed by atoms with van der Waals surface area (Å²) in [6.07, 6.45) is 14.1. The van der Waals surface area contributed by atoms with Crippen molar-refractivity contribution >= 4 is 0 Å². The minimum atomic E-state index is 0. The molecule has 185 valence electrons. The van der Waals surface area contributed by atoms with Crippen LogP contribution in [0.1, 0.15) is 127 Å². The van der Waals surface area contributed by atoms with E-state index in [1.54, 1.807) is 0 Å². The van der Waals surface area contributed by atoms with E-state index in [9.17, 15) is 0 Å². The number of fused-ring (bicyclic) bond motifs is 3. The van der Waals surface area contributed by atoms with Gasteiger partial charge in [0.05, 0.1) is 0 Å². The van der Waals surface area contributed by atoms with Gasteiger partial charge in [-0.3, -0.25) is 0 Å². The molecule has 0 saturated heterocycles. The molecule has 0 spiro atoms. The van der Waals surface area contributed by atoms with E-state index < -0.39 is 0 Å². The molecule has 3 saturated carbocycles. The van der Waals surface area contributed by atoms with Crippen molar-refractivity contribution in [1.82, 2.24) is 0 Å². The Labute approximate surface area is 228 Å². The molecule has 0 bridgehead atoms. The van der Waals surface area contributed by atoms with Gasteiger partial charge in [0.25, 0.3) is 0 Å². The average Bonchev–Trinajstić information content (AvgIpc) is 3.09. The van der Waals surface area contributed by atoms with Crippen LogP contribution in [-0.2, 0) is 32.7 Å². The summed E-state index contributed by atoms with van der Waals surface area (Å²) in [4.78, 5) is 0. The Balaban J connectivity index is 0.000000558. The molecule has 0 aliphatic heterocycles. The summed E-state index contributed by atoms with van der Waals surface area (Å²) in [7, 11) is 0. The van der Waals surface area contributed by atoms with Crippen molar-refractivity contribution in [2.24, 2.45) is 51.8 Å². The smallest absolute Gasteiger partial charge is 0 e. The molecule has 8 atom stereocenters. The molecule has 3 aliphatic rings. The standard InChI is InChI=1S/C24H42.C7H15.Y/c1-8-17(5)20-10-11-21-22-19(16(3)4)12-13-24(22,9-2)15-14-23(21,7)18(20)6;1-5-6-7(2,3)4;/h17-22H,3,8-15H2,1-2,4-7H3;2,5-6H2,1,3-4H3;/q;-1;. The van der Waals surface area contributed by atoms with E-state index in [1.165, 1.54) is 69.8 Å². The molecular formula is C31H57Y-. The Kier molecular flexibility index (Phi) is 11.8. The molecule has 1 heteroatoms. The van der Waals surface area contributed by atoms with E-state index in [0.29, 0.717) is 16.2 Å². The molecule has 8 unspecified atom stereocenters. The zero-order valence-corrected chi connectivity index (χ0v) is 26.4. The van der Waals surface area contributed by atoms with Gasteiger partial charge in [0.15, 0.2) is 0 Å². The van der Waals surface area contributed by atoms with Crippen LogP contribution in [0.4, 0.5) is 0 Å². The Morgan fingerprint density at radius 3 is 2.16 bits per heavy atom. The maximum atomic E-state index is 4.43. The summed E-state index contributed by atoms with van der Waals surface area (Å²) in [5.74, 6) is 5.44. The second-order valence-corrected chi connectivity index (χ2v) is 13.2. The molecule has 0 amide bonds. The van der Waals surface area contributed by atoms with Crippen molar-refractivity contribution in [3.8, 4) is 0 Å². The molecule has 0 aromatic rings. The normalized spacial score (nSPS) is 39.6. The molecule has 0 nitrogen and oxygen atoms in total. The number of allylic oxidation sites excluding steroid dienone is 1. The molecule has 3 aliphatic carbocycles. The Morgan fingerprint density at radius 2 is 1.72 bits per heavy atom. The minimum Gasteiger partial charge on any atom is -0.338 e. The summed E-state index contributed by atoms with van der Waals surface area (Å²) in [5.41, 5.74) is 3.01. The van der Waals surface area contributed by atoms with Crippen molar-refractivity contribution in [2.75, 3.05) is 0 Å². The zero-order chi connectivity index (χ0) is 23.6. The van der Waals surface area contributed by atoms with E-state index in [0.717, 1.165) is 35.5 Å². The fourth-order valence-corrected chi connectivity index (χ4v) is 8.41. The van der Waals surface area contributed by atoms with Gasteiger partial charge < -0.3 is 6.92 Å². The van der Waals surface area contributed by atoms with Crippen molar-refractivity contribution < 1.29 is 32.7 Å². The van der Waals surface area contributed by atoms with Gasteiger partial charge in [-0.2, -0.15) is 5.41 Å². The van der Waals surface area contributed by atoms with Crippen LogP contribution < -0.4 is 0 Å². The van der Waals surface area contributed by atoms with Crippen LogP contribution in [-0.4, -0.2) is 0 Å². The van der Waals surface area contributed by atoms with Crippen molar-refractivity contribution in [1.29, 1.82) is 0 Å². The first kappa shape index (κ1) is 30.9. The fourth-order valence-electron chi connectivity index (χ4n) is 8.41. The predicted octanol–water partition coefficient (Wildman–Crippen LogP) is 10.1. The van der Waals surface area contributed by atoms with Gasteiger partial charge in [0, 0.05) is 32.7 Å². The molecule has 0 aromatic heterocycles. The minimum absolute atomic E-state index is 0. The SMILES string of the molecule is C=C(C)C1CCC2(CC)CCC3(C)C(C)C(C(C)CC)CCC3C12.[CH2-]C(C)(C)CCC.[Y]. The maximum absolute atomic E-state index is 4.43. The van der Waals surface area contributed by atoms with E-state index in [1.807, 2.05) is 0 Å². The molecule has 1 radical (unpaired) electrons. The number of rotatable bonds is 6. The molecule has 0 N–H and O–H groups in total. The molecule has 3 fully saturated rings. The van der Waals surface area contributed by atoms with E-state index in [4.69, 9.17) is 0 Å². The van der Waals surface area contributed by atoms with E-state index in [-0.39, 0.29) is 32.7 Å². The van der Waals surface area contributed by atoms with Crippen LogP contribution in [0.3, 0.4) is 0 Å². The molecular weight excluding hydrogens is 461 g/mol. The van der Waals surface area contributed by atoms with Crippen LogP contribution in [0.5, 0.6) is 0 Å². The molecule has 3 rings (SSSR count). The fraction of sp³-hybridized carbons (Fsp3) is 0.903. The zero-order valence-electron chi connectivity index (χ0n) is 23.5. The second-order valence-electron chi connectivity index (χ2n) is 13.2. The van der Waals surface area contributed by atoms with Gasteiger partial charge in [-0.15, -0.1) is 0 Å². The largest absolute Gasteiger partial charge is 0.338 e. The van der Waals surface area contributed by atoms with Crippen LogP contribution in [0.2, 0.25) is 0 Å². The van der Waals surface area contributed by atoms with Crippen LogP contribution in [0.25, 0.3) is 0 Å². The first-order valence-corrected chi connectivity index (χ1v) is 13.9. The second kappa shape index (κ2) is 12.2. The number of hydrogen-bond acceptors (Lipinski definition) is 0. The third kappa shape index (κ3) is 6.34. The predicted molar refractivity (Wildman–Crippen MR) is 140 cm³/mol. The Morgan fingerprint density at radius 1 is 1.09 bits per heavy atom. The third-order valence-electron chi connectivity index (χ3n) is 10.7. The van der Waals surface area contributed by atoms with Gasteiger partial charge in [-0.1, -0.05) is 93.2 Å². The molecule has 0 aromatic carbocycles. The van der Waals surface area contributed by atoms with Gasteiger partial charge in [-0.25, -0.2) is 0 Å². The van der Waals surface area contributed by atoms with Crippen molar-refractivity contribution in [2.45, 2.75) is 127 Å². The Bertz CT molecular complexity index is 586. The first-order valence-electron chi connectivity index (χ1n) is 13.9. The molecule has 0 heterocycles. The Hall–Kier alpha value is 0.844. The van der Waals surface area contributed by atoms with E-state index >= 15 is 0 Å². The van der Waals surface area contributed by atoms with Gasteiger partial charge in [-0.05, 0) is 91.8 Å². The van der Waals surface area contributed by atoms with Crippen LogP contribution in [0, 0.1) is 58.7 Å². The quantitative estimate of drug-likeness (QED) is 0.242. The first-order chi connectivity index (χ1) is 14.4. The summed E-state index contributed by atoms with van der Waals surface area (Å²) in [6, 6.07) is 0. The summed E-state index contributed by atoms with van der Waals surface area (Å²) >= 11 is 0. The van der Waals surface area contributed by atoms with Crippen LogP contribution in [0.15, 0.2) is 12.2 Å². The van der Waals surface area contributed by atoms with Gasteiger partial charge in [0.1, 0.15) is 0 Å². The third-order valence-corrected chi connectivity index (χ3v) is 10.7. The molecule has 32 heavy (non-hydrogen) atoms. The van der Waals surface area contributed by atoms with Crippen molar-refractivity contribution in [3.63, 3.8) is 0 Å². The maximum Gasteiger partial charge on any atom is 0 e. The van der Waals surface area contributed by atoms with E-state index in [2.05, 4.69) is 75.8 Å². The number of hydrogen-bond donors (Lipinski definition) is 0. The topological polar surface area (TPSA) is 0 Å². The van der Waals surface area contributed by atoms with Crippen molar-refractivity contribution in [3.05, 3.63) is 19.1 Å². The average molecular weight is 519 g/mol. The summed E-state index contributed by atoms with van der Waals surface area (Å²) < 4.78 is 0. The van der Waals surface area contributed by atoms with Gasteiger partial charge in [0.2, 0.25) is 0 Å². The monoisotopic (exact) mass is 518 g/mol. The van der Waals surface area contributed by atoms with Gasteiger partial charge >= 0.3 is 0 Å². The summed E-state index contributed by atoms with van der Waals surface area (Å²) in [6.45, 7) is 29.9. The summed E-state index contributed by atoms with van der Waals surface area (Å²) in [5, 5.41) is 0. The van der Waals surface area contributed by atoms with Crippen LogP contribution >= 0.6 is 0 Å².